The molecule has 2 aliphatic rings. The molecule has 110 valence electrons. The van der Waals surface area contributed by atoms with Crippen LogP contribution in [-0.4, -0.2) is 34.6 Å². The summed E-state index contributed by atoms with van der Waals surface area (Å²) in [4.78, 5) is 34.3. The predicted molar refractivity (Wildman–Crippen MR) is 71.0 cm³/mol. The smallest absolute Gasteiger partial charge is 0.308 e. The van der Waals surface area contributed by atoms with Crippen LogP contribution in [0.1, 0.15) is 44.9 Å². The summed E-state index contributed by atoms with van der Waals surface area (Å²) in [6.45, 7) is 0. The molecule has 0 bridgehead atoms. The molecule has 2 atom stereocenters. The van der Waals surface area contributed by atoms with E-state index in [1.165, 1.54) is 0 Å². The van der Waals surface area contributed by atoms with Crippen molar-refractivity contribution in [2.75, 3.05) is 0 Å². The normalized spacial score (nSPS) is 27.0. The van der Waals surface area contributed by atoms with Gasteiger partial charge in [0.2, 0.25) is 5.91 Å². The number of rotatable bonds is 3. The van der Waals surface area contributed by atoms with Crippen molar-refractivity contribution in [1.29, 1.82) is 0 Å². The number of amides is 2. The van der Waals surface area contributed by atoms with Gasteiger partial charge in [-0.15, -0.1) is 0 Å². The summed E-state index contributed by atoms with van der Waals surface area (Å²) in [5.41, 5.74) is 2.53. The van der Waals surface area contributed by atoms with Crippen molar-refractivity contribution in [2.24, 2.45) is 11.0 Å². The molecule has 1 aliphatic heterocycles. The van der Waals surface area contributed by atoms with Crippen LogP contribution in [0.3, 0.4) is 0 Å². The van der Waals surface area contributed by atoms with Gasteiger partial charge < -0.3 is 10.4 Å². The second-order valence-corrected chi connectivity index (χ2v) is 5.26. The molecule has 0 spiro atoms. The number of nitrogens with one attached hydrogen (secondary N) is 2. The summed E-state index contributed by atoms with van der Waals surface area (Å²) in [6, 6.07) is -0.358. The number of aliphatic carboxylic acids is 1. The largest absolute Gasteiger partial charge is 0.481 e. The zero-order valence-corrected chi connectivity index (χ0v) is 11.2. The molecule has 1 heterocycles. The topological polar surface area (TPSA) is 108 Å². The Labute approximate surface area is 116 Å². The molecule has 7 nitrogen and oxygen atoms in total. The SMILES string of the molecule is O=C1CCC(C(=O)NC2CCCCCC2C(=O)O)=NN1. The van der Waals surface area contributed by atoms with Crippen molar-refractivity contribution >= 4 is 23.5 Å². The van der Waals surface area contributed by atoms with Gasteiger partial charge in [-0.25, -0.2) is 5.43 Å². The molecule has 1 fully saturated rings. The number of carboxylic acids is 1. The van der Waals surface area contributed by atoms with Crippen LogP contribution in [0.15, 0.2) is 5.10 Å². The quantitative estimate of drug-likeness (QED) is 0.651. The summed E-state index contributed by atoms with van der Waals surface area (Å²) in [6.07, 6.45) is 4.57. The first-order chi connectivity index (χ1) is 9.58. The Hall–Kier alpha value is -1.92. The Bertz CT molecular complexity index is 447. The first-order valence-electron chi connectivity index (χ1n) is 6.97. The molecule has 1 aliphatic carbocycles. The van der Waals surface area contributed by atoms with Gasteiger partial charge in [-0.2, -0.15) is 5.10 Å². The Morgan fingerprint density at radius 1 is 1.20 bits per heavy atom. The van der Waals surface area contributed by atoms with E-state index in [9.17, 15) is 19.5 Å². The molecule has 20 heavy (non-hydrogen) atoms. The van der Waals surface area contributed by atoms with E-state index in [1.54, 1.807) is 0 Å². The standard InChI is InChI=1S/C13H19N3O4/c17-11-7-6-10(15-16-11)12(18)14-9-5-3-1-2-4-8(9)13(19)20/h8-9H,1-7H2,(H,14,18)(H,16,17)(H,19,20). The summed E-state index contributed by atoms with van der Waals surface area (Å²) >= 11 is 0. The number of nitrogens with zero attached hydrogens (tertiary/aromatic N) is 1. The van der Waals surface area contributed by atoms with E-state index in [-0.39, 0.29) is 30.0 Å². The maximum atomic E-state index is 12.1. The lowest BCUT2D eigenvalue weighted by Gasteiger charge is -2.23. The molecular formula is C13H19N3O4. The van der Waals surface area contributed by atoms with Crippen molar-refractivity contribution in [1.82, 2.24) is 10.7 Å². The van der Waals surface area contributed by atoms with Crippen LogP contribution in [0.5, 0.6) is 0 Å². The van der Waals surface area contributed by atoms with Gasteiger partial charge in [0.25, 0.3) is 5.91 Å². The average Bonchev–Trinajstić information content (AvgIpc) is 2.65. The molecule has 0 saturated heterocycles. The minimum Gasteiger partial charge on any atom is -0.481 e. The van der Waals surface area contributed by atoms with Crippen LogP contribution in [0.2, 0.25) is 0 Å². The summed E-state index contributed by atoms with van der Waals surface area (Å²) in [7, 11) is 0. The Morgan fingerprint density at radius 3 is 2.60 bits per heavy atom. The van der Waals surface area contributed by atoms with Crippen LogP contribution in [0.25, 0.3) is 0 Å². The lowest BCUT2D eigenvalue weighted by Crippen LogP contribution is -2.46. The van der Waals surface area contributed by atoms with E-state index in [2.05, 4.69) is 15.8 Å². The Balaban J connectivity index is 2.00. The number of carbonyl (C=O) groups is 3. The maximum absolute atomic E-state index is 12.1. The summed E-state index contributed by atoms with van der Waals surface area (Å²) in [5.74, 6) is -1.99. The van der Waals surface area contributed by atoms with Crippen LogP contribution in [0.4, 0.5) is 0 Å². The minimum atomic E-state index is -0.865. The number of hydrogen-bond acceptors (Lipinski definition) is 4. The number of carboxylic acid groups (broad SMARTS) is 1. The van der Waals surface area contributed by atoms with Gasteiger partial charge in [-0.05, 0) is 12.8 Å². The second kappa shape index (κ2) is 6.49. The van der Waals surface area contributed by atoms with Crippen molar-refractivity contribution in [3.8, 4) is 0 Å². The zero-order chi connectivity index (χ0) is 14.5. The molecule has 0 aromatic carbocycles. The number of carbonyl (C=O) groups excluding carboxylic acids is 2. The monoisotopic (exact) mass is 281 g/mol. The number of hydrogen-bond donors (Lipinski definition) is 3. The highest BCUT2D eigenvalue weighted by Gasteiger charge is 2.31. The van der Waals surface area contributed by atoms with Crippen molar-refractivity contribution in [3.63, 3.8) is 0 Å². The van der Waals surface area contributed by atoms with Crippen LogP contribution < -0.4 is 10.7 Å². The first-order valence-corrected chi connectivity index (χ1v) is 6.97. The lowest BCUT2D eigenvalue weighted by atomic mass is 9.94. The highest BCUT2D eigenvalue weighted by Crippen LogP contribution is 2.24. The van der Waals surface area contributed by atoms with Crippen LogP contribution >= 0.6 is 0 Å². The maximum Gasteiger partial charge on any atom is 0.308 e. The minimum absolute atomic E-state index is 0.209. The molecule has 7 heteroatoms. The van der Waals surface area contributed by atoms with E-state index in [4.69, 9.17) is 0 Å². The predicted octanol–water partition coefficient (Wildman–Crippen LogP) is 0.402. The molecule has 1 saturated carbocycles. The van der Waals surface area contributed by atoms with E-state index in [0.29, 0.717) is 19.3 Å². The highest BCUT2D eigenvalue weighted by atomic mass is 16.4. The summed E-state index contributed by atoms with van der Waals surface area (Å²) in [5, 5.41) is 15.8. The third-order valence-corrected chi connectivity index (χ3v) is 3.82. The second-order valence-electron chi connectivity index (χ2n) is 5.26. The molecule has 0 radical (unpaired) electrons. The van der Waals surface area contributed by atoms with Gasteiger partial charge in [0.05, 0.1) is 5.92 Å². The zero-order valence-electron chi connectivity index (χ0n) is 11.2. The van der Waals surface area contributed by atoms with Gasteiger partial charge in [-0.3, -0.25) is 14.4 Å². The number of hydrazone groups is 1. The van der Waals surface area contributed by atoms with E-state index in [1.807, 2.05) is 0 Å². The van der Waals surface area contributed by atoms with Gasteiger partial charge >= 0.3 is 5.97 Å². The fourth-order valence-electron chi connectivity index (χ4n) is 2.67. The molecule has 3 N–H and O–H groups in total. The van der Waals surface area contributed by atoms with Crippen molar-refractivity contribution in [2.45, 2.75) is 51.0 Å². The fourth-order valence-corrected chi connectivity index (χ4v) is 2.67. The van der Waals surface area contributed by atoms with E-state index >= 15 is 0 Å². The highest BCUT2D eigenvalue weighted by molar-refractivity contribution is 6.39. The Kier molecular flexibility index (Phi) is 4.70. The average molecular weight is 281 g/mol. The molecule has 0 aromatic rings. The van der Waals surface area contributed by atoms with Gasteiger partial charge in [-0.1, -0.05) is 19.3 Å². The summed E-state index contributed by atoms with van der Waals surface area (Å²) < 4.78 is 0. The van der Waals surface area contributed by atoms with Gasteiger partial charge in [0.1, 0.15) is 5.71 Å². The fraction of sp³-hybridized carbons (Fsp3) is 0.692. The molecule has 2 unspecified atom stereocenters. The van der Waals surface area contributed by atoms with E-state index < -0.39 is 11.9 Å². The van der Waals surface area contributed by atoms with E-state index in [0.717, 1.165) is 19.3 Å². The lowest BCUT2D eigenvalue weighted by molar-refractivity contribution is -0.143. The molecular weight excluding hydrogens is 262 g/mol. The van der Waals surface area contributed by atoms with Crippen LogP contribution in [0, 0.1) is 5.92 Å². The third-order valence-electron chi connectivity index (χ3n) is 3.82. The van der Waals surface area contributed by atoms with Crippen molar-refractivity contribution < 1.29 is 19.5 Å². The van der Waals surface area contributed by atoms with Crippen molar-refractivity contribution in [3.05, 3.63) is 0 Å². The van der Waals surface area contributed by atoms with Gasteiger partial charge in [0, 0.05) is 18.9 Å². The Morgan fingerprint density at radius 2 is 1.95 bits per heavy atom. The van der Waals surface area contributed by atoms with Gasteiger partial charge in [0.15, 0.2) is 0 Å². The molecule has 2 rings (SSSR count). The first kappa shape index (κ1) is 14.5. The molecule has 0 aromatic heterocycles. The molecule has 2 amide bonds. The third kappa shape index (κ3) is 3.55. The van der Waals surface area contributed by atoms with Crippen LogP contribution in [-0.2, 0) is 14.4 Å².